The van der Waals surface area contributed by atoms with Crippen LogP contribution in [0.25, 0.3) is 10.6 Å². The largest absolute Gasteiger partial charge is 0.322 e. The van der Waals surface area contributed by atoms with Crippen molar-refractivity contribution in [2.24, 2.45) is 0 Å². The van der Waals surface area contributed by atoms with Crippen molar-refractivity contribution in [3.63, 3.8) is 0 Å². The van der Waals surface area contributed by atoms with E-state index in [1.807, 2.05) is 60.0 Å². The summed E-state index contributed by atoms with van der Waals surface area (Å²) in [5.41, 5.74) is 2.53. The number of carbonyl (C=O) groups is 2. The van der Waals surface area contributed by atoms with Gasteiger partial charge in [0.05, 0.1) is 22.8 Å². The number of hydrogen-bond acceptors (Lipinski definition) is 5. The van der Waals surface area contributed by atoms with E-state index in [0.29, 0.717) is 11.4 Å². The molecule has 0 unspecified atom stereocenters. The first-order valence-electron chi connectivity index (χ1n) is 9.28. The van der Waals surface area contributed by atoms with Crippen molar-refractivity contribution >= 4 is 46.3 Å². The molecule has 0 saturated carbocycles. The van der Waals surface area contributed by atoms with Gasteiger partial charge in [-0.3, -0.25) is 14.5 Å². The van der Waals surface area contributed by atoms with Gasteiger partial charge >= 0.3 is 0 Å². The van der Waals surface area contributed by atoms with E-state index >= 15 is 0 Å². The van der Waals surface area contributed by atoms with Crippen LogP contribution in [0.15, 0.2) is 60.0 Å². The minimum atomic E-state index is -0.937. The van der Waals surface area contributed by atoms with E-state index in [1.165, 1.54) is 11.8 Å². The summed E-state index contributed by atoms with van der Waals surface area (Å²) < 4.78 is 0. The number of thiazole rings is 1. The number of nitrogens with one attached hydrogen (secondary N) is 1. The number of para-hydroxylation sites is 2. The second-order valence-corrected chi connectivity index (χ2v) is 9.11. The Balaban J connectivity index is 1.44. The van der Waals surface area contributed by atoms with Gasteiger partial charge in [-0.15, -0.1) is 23.1 Å². The molecule has 1 aliphatic heterocycles. The Labute approximate surface area is 178 Å². The topological polar surface area (TPSA) is 62.3 Å². The molecule has 2 heterocycles. The molecule has 148 valence electrons. The van der Waals surface area contributed by atoms with Crippen LogP contribution < -0.4 is 10.2 Å². The van der Waals surface area contributed by atoms with Gasteiger partial charge in [0.2, 0.25) is 11.8 Å². The fraction of sp³-hybridized carbons (Fsp3) is 0.227. The van der Waals surface area contributed by atoms with Gasteiger partial charge in [-0.2, -0.15) is 0 Å². The first-order valence-corrected chi connectivity index (χ1v) is 11.3. The van der Waals surface area contributed by atoms with Gasteiger partial charge in [0.1, 0.15) is 10.5 Å². The van der Waals surface area contributed by atoms with Gasteiger partial charge in [-0.25, -0.2) is 4.98 Å². The maximum absolute atomic E-state index is 13.0. The second kappa shape index (κ2) is 8.00. The lowest BCUT2D eigenvalue weighted by molar-refractivity contribution is -0.125. The number of aromatic nitrogens is 1. The number of hydrogen-bond donors (Lipinski definition) is 1. The number of rotatable bonds is 5. The Morgan fingerprint density at radius 1 is 1.14 bits per heavy atom. The molecule has 1 aliphatic rings. The van der Waals surface area contributed by atoms with Gasteiger partial charge < -0.3 is 5.32 Å². The fourth-order valence-corrected chi connectivity index (χ4v) is 4.99. The Hall–Kier alpha value is -2.64. The van der Waals surface area contributed by atoms with Crippen molar-refractivity contribution in [3.05, 3.63) is 65.7 Å². The highest BCUT2D eigenvalue weighted by Gasteiger charge is 2.43. The SMILES string of the molecule is CC1(C)C(=O)Nc2ccccc2N1C(=O)CSCc1csc(-c2ccccc2)n1. The lowest BCUT2D eigenvalue weighted by Gasteiger charge is -2.42. The van der Waals surface area contributed by atoms with Crippen LogP contribution in [0.3, 0.4) is 0 Å². The molecule has 0 radical (unpaired) electrons. The number of carbonyl (C=O) groups excluding carboxylic acids is 2. The van der Waals surface area contributed by atoms with Gasteiger partial charge in [0.15, 0.2) is 0 Å². The van der Waals surface area contributed by atoms with Gasteiger partial charge in [-0.05, 0) is 26.0 Å². The van der Waals surface area contributed by atoms with E-state index < -0.39 is 5.54 Å². The van der Waals surface area contributed by atoms with Crippen molar-refractivity contribution in [2.45, 2.75) is 25.1 Å². The maximum atomic E-state index is 13.0. The molecule has 0 spiro atoms. The van der Waals surface area contributed by atoms with E-state index in [1.54, 1.807) is 30.1 Å². The molecule has 1 N–H and O–H groups in total. The zero-order chi connectivity index (χ0) is 20.4. The second-order valence-electron chi connectivity index (χ2n) is 7.26. The van der Waals surface area contributed by atoms with Crippen LogP contribution in [0.2, 0.25) is 0 Å². The summed E-state index contributed by atoms with van der Waals surface area (Å²) in [7, 11) is 0. The molecule has 0 saturated heterocycles. The fourth-order valence-electron chi connectivity index (χ4n) is 3.29. The number of amides is 2. The number of thioether (sulfide) groups is 1. The van der Waals surface area contributed by atoms with Crippen LogP contribution in [-0.4, -0.2) is 28.1 Å². The van der Waals surface area contributed by atoms with E-state index in [2.05, 4.69) is 10.3 Å². The van der Waals surface area contributed by atoms with Crippen LogP contribution in [0.1, 0.15) is 19.5 Å². The van der Waals surface area contributed by atoms with Gasteiger partial charge in [-0.1, -0.05) is 42.5 Å². The highest BCUT2D eigenvalue weighted by molar-refractivity contribution is 7.99. The summed E-state index contributed by atoms with van der Waals surface area (Å²) in [6.45, 7) is 3.54. The molecular weight excluding hydrogens is 402 g/mol. The van der Waals surface area contributed by atoms with E-state index in [-0.39, 0.29) is 17.6 Å². The summed E-state index contributed by atoms with van der Waals surface area (Å²) in [6.07, 6.45) is 0. The maximum Gasteiger partial charge on any atom is 0.250 e. The predicted molar refractivity (Wildman–Crippen MR) is 120 cm³/mol. The van der Waals surface area contributed by atoms with Crippen molar-refractivity contribution < 1.29 is 9.59 Å². The molecule has 3 aromatic rings. The molecule has 0 fully saturated rings. The first-order chi connectivity index (χ1) is 14.0. The molecule has 0 bridgehead atoms. The van der Waals surface area contributed by atoms with Crippen molar-refractivity contribution in [3.8, 4) is 10.6 Å². The summed E-state index contributed by atoms with van der Waals surface area (Å²) >= 11 is 3.12. The van der Waals surface area contributed by atoms with Gasteiger partial charge in [0.25, 0.3) is 0 Å². The number of fused-ring (bicyclic) bond motifs is 1. The highest BCUT2D eigenvalue weighted by Crippen LogP contribution is 2.37. The average Bonchev–Trinajstić information content (AvgIpc) is 3.18. The van der Waals surface area contributed by atoms with E-state index in [0.717, 1.165) is 22.0 Å². The van der Waals surface area contributed by atoms with Crippen LogP contribution in [0.4, 0.5) is 11.4 Å². The monoisotopic (exact) mass is 423 g/mol. The quantitative estimate of drug-likeness (QED) is 0.640. The number of benzene rings is 2. The van der Waals surface area contributed by atoms with Crippen LogP contribution >= 0.6 is 23.1 Å². The lowest BCUT2D eigenvalue weighted by atomic mass is 9.96. The predicted octanol–water partition coefficient (Wildman–Crippen LogP) is 4.81. The molecule has 29 heavy (non-hydrogen) atoms. The van der Waals surface area contributed by atoms with Crippen molar-refractivity contribution in [1.82, 2.24) is 4.98 Å². The third-order valence-electron chi connectivity index (χ3n) is 4.81. The molecule has 2 aromatic carbocycles. The smallest absolute Gasteiger partial charge is 0.250 e. The molecule has 0 aliphatic carbocycles. The normalized spacial score (nSPS) is 15.0. The van der Waals surface area contributed by atoms with Crippen LogP contribution in [0.5, 0.6) is 0 Å². The molecule has 4 rings (SSSR count). The average molecular weight is 424 g/mol. The Morgan fingerprint density at radius 3 is 2.66 bits per heavy atom. The van der Waals surface area contributed by atoms with Crippen LogP contribution in [-0.2, 0) is 15.3 Å². The Kier molecular flexibility index (Phi) is 5.43. The molecule has 7 heteroatoms. The van der Waals surface area contributed by atoms with Crippen molar-refractivity contribution in [1.29, 1.82) is 0 Å². The third kappa shape index (κ3) is 3.93. The van der Waals surface area contributed by atoms with E-state index in [9.17, 15) is 9.59 Å². The Morgan fingerprint density at radius 2 is 1.86 bits per heavy atom. The Bertz CT molecular complexity index is 1050. The molecule has 1 aromatic heterocycles. The highest BCUT2D eigenvalue weighted by atomic mass is 32.2. The number of anilines is 2. The lowest BCUT2D eigenvalue weighted by Crippen LogP contribution is -2.58. The number of nitrogens with zero attached hydrogens (tertiary/aromatic N) is 2. The van der Waals surface area contributed by atoms with Crippen molar-refractivity contribution in [2.75, 3.05) is 16.0 Å². The zero-order valence-corrected chi connectivity index (χ0v) is 17.8. The molecule has 0 atom stereocenters. The summed E-state index contributed by atoms with van der Waals surface area (Å²) in [5, 5.41) is 5.90. The third-order valence-corrected chi connectivity index (χ3v) is 6.70. The molecule has 2 amide bonds. The molecular formula is C22H21N3O2S2. The summed E-state index contributed by atoms with van der Waals surface area (Å²) in [5.74, 6) is 0.669. The summed E-state index contributed by atoms with van der Waals surface area (Å²) in [6, 6.07) is 17.5. The standard InChI is InChI=1S/C22H21N3O2S2/c1-22(2)21(27)24-17-10-6-7-11-18(17)25(22)19(26)14-28-12-16-13-29-20(23-16)15-8-4-3-5-9-15/h3-11,13H,12,14H2,1-2H3,(H,24,27). The zero-order valence-electron chi connectivity index (χ0n) is 16.2. The summed E-state index contributed by atoms with van der Waals surface area (Å²) in [4.78, 5) is 31.8. The molecule has 5 nitrogen and oxygen atoms in total. The first kappa shape index (κ1) is 19.7. The van der Waals surface area contributed by atoms with Gasteiger partial charge in [0, 0.05) is 16.7 Å². The van der Waals surface area contributed by atoms with E-state index in [4.69, 9.17) is 0 Å². The van der Waals surface area contributed by atoms with Crippen LogP contribution in [0, 0.1) is 0 Å². The minimum Gasteiger partial charge on any atom is -0.322 e. The minimum absolute atomic E-state index is 0.0826.